The number of nitrogens with one attached hydrogen (secondary N) is 2. The SMILES string of the molecule is CC(C)(C)OC(=O)Nc1nc2c(c(=O)[nH]1)CCC2. The summed E-state index contributed by atoms with van der Waals surface area (Å²) >= 11 is 0. The Bertz CT molecular complexity index is 528. The number of carbonyl (C=O) groups excluding carboxylic acids is 1. The summed E-state index contributed by atoms with van der Waals surface area (Å²) in [5.74, 6) is 0.148. The first-order valence-corrected chi connectivity index (χ1v) is 5.97. The topological polar surface area (TPSA) is 84.1 Å². The molecule has 0 aliphatic heterocycles. The first-order valence-electron chi connectivity index (χ1n) is 5.97. The van der Waals surface area contributed by atoms with Crippen LogP contribution in [0.4, 0.5) is 10.7 Å². The van der Waals surface area contributed by atoms with Gasteiger partial charge in [-0.2, -0.15) is 0 Å². The lowest BCUT2D eigenvalue weighted by Gasteiger charge is -2.19. The predicted octanol–water partition coefficient (Wildman–Crippen LogP) is 1.61. The van der Waals surface area contributed by atoms with Crippen LogP contribution in [0.1, 0.15) is 38.4 Å². The van der Waals surface area contributed by atoms with Gasteiger partial charge < -0.3 is 4.74 Å². The molecule has 0 saturated heterocycles. The second-order valence-corrected chi connectivity index (χ2v) is 5.32. The minimum Gasteiger partial charge on any atom is -0.444 e. The minimum atomic E-state index is -0.622. The molecular weight excluding hydrogens is 234 g/mol. The van der Waals surface area contributed by atoms with E-state index in [1.165, 1.54) is 0 Å². The molecule has 1 heterocycles. The van der Waals surface area contributed by atoms with Gasteiger partial charge in [-0.05, 0) is 40.0 Å². The average molecular weight is 251 g/mol. The molecule has 0 unspecified atom stereocenters. The Morgan fingerprint density at radius 2 is 2.11 bits per heavy atom. The van der Waals surface area contributed by atoms with Gasteiger partial charge in [0.1, 0.15) is 5.60 Å². The Balaban J connectivity index is 2.14. The molecule has 0 bridgehead atoms. The van der Waals surface area contributed by atoms with Crippen LogP contribution in [0.5, 0.6) is 0 Å². The van der Waals surface area contributed by atoms with Crippen molar-refractivity contribution in [3.63, 3.8) is 0 Å². The monoisotopic (exact) mass is 251 g/mol. The van der Waals surface area contributed by atoms with E-state index in [0.29, 0.717) is 0 Å². The van der Waals surface area contributed by atoms with Crippen molar-refractivity contribution in [1.82, 2.24) is 9.97 Å². The fraction of sp³-hybridized carbons (Fsp3) is 0.583. The highest BCUT2D eigenvalue weighted by Crippen LogP contribution is 2.17. The third-order valence-corrected chi connectivity index (χ3v) is 2.56. The van der Waals surface area contributed by atoms with Gasteiger partial charge in [-0.1, -0.05) is 0 Å². The van der Waals surface area contributed by atoms with Gasteiger partial charge in [-0.25, -0.2) is 9.78 Å². The lowest BCUT2D eigenvalue weighted by molar-refractivity contribution is 0.0634. The summed E-state index contributed by atoms with van der Waals surface area (Å²) in [4.78, 5) is 30.0. The summed E-state index contributed by atoms with van der Waals surface area (Å²) in [6.45, 7) is 5.31. The molecule has 6 heteroatoms. The number of carbonyl (C=O) groups is 1. The van der Waals surface area contributed by atoms with E-state index in [2.05, 4.69) is 15.3 Å². The van der Waals surface area contributed by atoms with E-state index in [0.717, 1.165) is 30.5 Å². The highest BCUT2D eigenvalue weighted by Gasteiger charge is 2.20. The number of nitrogens with zero attached hydrogens (tertiary/aromatic N) is 1. The maximum atomic E-state index is 11.7. The number of aromatic amines is 1. The Morgan fingerprint density at radius 3 is 2.78 bits per heavy atom. The molecule has 98 valence electrons. The van der Waals surface area contributed by atoms with E-state index in [1.807, 2.05) is 0 Å². The van der Waals surface area contributed by atoms with Gasteiger partial charge >= 0.3 is 6.09 Å². The molecule has 0 fully saturated rings. The van der Waals surface area contributed by atoms with Crippen molar-refractivity contribution in [1.29, 1.82) is 0 Å². The van der Waals surface area contributed by atoms with E-state index in [4.69, 9.17) is 4.74 Å². The first kappa shape index (κ1) is 12.6. The number of fused-ring (bicyclic) bond motifs is 1. The van der Waals surface area contributed by atoms with Gasteiger partial charge in [0.15, 0.2) is 0 Å². The highest BCUT2D eigenvalue weighted by atomic mass is 16.6. The number of H-pyrrole nitrogens is 1. The van der Waals surface area contributed by atoms with E-state index >= 15 is 0 Å². The Labute approximate surface area is 105 Å². The molecule has 0 spiro atoms. The van der Waals surface area contributed by atoms with Crippen LogP contribution in [-0.2, 0) is 17.6 Å². The fourth-order valence-electron chi connectivity index (χ4n) is 1.90. The normalized spacial score (nSPS) is 14.2. The van der Waals surface area contributed by atoms with Crippen molar-refractivity contribution >= 4 is 12.0 Å². The number of anilines is 1. The Kier molecular flexibility index (Phi) is 3.11. The van der Waals surface area contributed by atoms with Gasteiger partial charge in [-0.3, -0.25) is 15.1 Å². The van der Waals surface area contributed by atoms with E-state index < -0.39 is 11.7 Å². The number of rotatable bonds is 1. The molecule has 0 saturated carbocycles. The van der Waals surface area contributed by atoms with Gasteiger partial charge in [-0.15, -0.1) is 0 Å². The standard InChI is InChI=1S/C12H17N3O3/c1-12(2,3)18-11(17)15-10-13-8-6-4-5-7(8)9(16)14-10/h4-6H2,1-3H3,(H2,13,14,15,16,17). The lowest BCUT2D eigenvalue weighted by Crippen LogP contribution is -2.29. The van der Waals surface area contributed by atoms with Gasteiger partial charge in [0, 0.05) is 5.56 Å². The summed E-state index contributed by atoms with van der Waals surface area (Å²) in [6, 6.07) is 0. The number of aryl methyl sites for hydroxylation is 1. The van der Waals surface area contributed by atoms with Crippen LogP contribution >= 0.6 is 0 Å². The molecule has 0 atom stereocenters. The smallest absolute Gasteiger partial charge is 0.414 e. The van der Waals surface area contributed by atoms with Crippen molar-refractivity contribution in [2.24, 2.45) is 0 Å². The maximum absolute atomic E-state index is 11.7. The predicted molar refractivity (Wildman–Crippen MR) is 66.7 cm³/mol. The van der Waals surface area contributed by atoms with Crippen LogP contribution < -0.4 is 10.9 Å². The lowest BCUT2D eigenvalue weighted by atomic mass is 10.2. The number of ether oxygens (including phenoxy) is 1. The highest BCUT2D eigenvalue weighted by molar-refractivity contribution is 5.82. The van der Waals surface area contributed by atoms with Crippen LogP contribution in [0.25, 0.3) is 0 Å². The molecule has 1 aromatic rings. The summed E-state index contributed by atoms with van der Waals surface area (Å²) < 4.78 is 5.09. The quantitative estimate of drug-likeness (QED) is 0.794. The summed E-state index contributed by atoms with van der Waals surface area (Å²) in [5, 5.41) is 2.44. The fourth-order valence-corrected chi connectivity index (χ4v) is 1.90. The number of hydrogen-bond donors (Lipinski definition) is 2. The first-order chi connectivity index (χ1) is 8.35. The van der Waals surface area contributed by atoms with Gasteiger partial charge in [0.25, 0.3) is 5.56 Å². The molecular formula is C12H17N3O3. The van der Waals surface area contributed by atoms with E-state index in [9.17, 15) is 9.59 Å². The van der Waals surface area contributed by atoms with Gasteiger partial charge in [0.2, 0.25) is 5.95 Å². The molecule has 2 N–H and O–H groups in total. The zero-order valence-corrected chi connectivity index (χ0v) is 10.8. The van der Waals surface area contributed by atoms with Crippen molar-refractivity contribution in [3.05, 3.63) is 21.6 Å². The zero-order valence-electron chi connectivity index (χ0n) is 10.8. The number of amides is 1. The molecule has 18 heavy (non-hydrogen) atoms. The summed E-state index contributed by atoms with van der Waals surface area (Å²) in [5.41, 5.74) is 0.735. The van der Waals surface area contributed by atoms with Crippen molar-refractivity contribution in [2.75, 3.05) is 5.32 Å². The largest absolute Gasteiger partial charge is 0.444 e. The molecule has 1 aliphatic carbocycles. The second-order valence-electron chi connectivity index (χ2n) is 5.32. The third kappa shape index (κ3) is 2.88. The van der Waals surface area contributed by atoms with E-state index in [-0.39, 0.29) is 11.5 Å². The second kappa shape index (κ2) is 4.44. The molecule has 6 nitrogen and oxygen atoms in total. The molecule has 1 aliphatic rings. The van der Waals surface area contributed by atoms with Crippen LogP contribution in [0, 0.1) is 0 Å². The Hall–Kier alpha value is -1.85. The molecule has 0 radical (unpaired) electrons. The van der Waals surface area contributed by atoms with Crippen molar-refractivity contribution < 1.29 is 9.53 Å². The van der Waals surface area contributed by atoms with Crippen LogP contribution in [-0.4, -0.2) is 21.7 Å². The third-order valence-electron chi connectivity index (χ3n) is 2.56. The number of hydrogen-bond acceptors (Lipinski definition) is 4. The molecule has 1 amide bonds. The minimum absolute atomic E-state index is 0.148. The van der Waals surface area contributed by atoms with E-state index in [1.54, 1.807) is 20.8 Å². The molecule has 2 rings (SSSR count). The maximum Gasteiger partial charge on any atom is 0.414 e. The van der Waals surface area contributed by atoms with Gasteiger partial charge in [0.05, 0.1) is 5.69 Å². The van der Waals surface area contributed by atoms with Crippen LogP contribution in [0.3, 0.4) is 0 Å². The molecule has 1 aromatic heterocycles. The average Bonchev–Trinajstić information content (AvgIpc) is 2.62. The van der Waals surface area contributed by atoms with Crippen LogP contribution in [0.2, 0.25) is 0 Å². The van der Waals surface area contributed by atoms with Crippen molar-refractivity contribution in [2.45, 2.75) is 45.6 Å². The zero-order chi connectivity index (χ0) is 13.3. The van der Waals surface area contributed by atoms with Crippen LogP contribution in [0.15, 0.2) is 4.79 Å². The number of aromatic nitrogens is 2. The Morgan fingerprint density at radius 1 is 1.39 bits per heavy atom. The van der Waals surface area contributed by atoms with Crippen molar-refractivity contribution in [3.8, 4) is 0 Å². The summed E-state index contributed by atoms with van der Waals surface area (Å²) in [7, 11) is 0. The molecule has 0 aromatic carbocycles. The summed E-state index contributed by atoms with van der Waals surface area (Å²) in [6.07, 6.45) is 1.84.